The number of likely N-dealkylation sites (N-methyl/N-ethyl adjacent to an activating group) is 1. The monoisotopic (exact) mass is 305 g/mol. The topological polar surface area (TPSA) is 63.7 Å². The third-order valence-corrected chi connectivity index (χ3v) is 3.96. The van der Waals surface area contributed by atoms with Crippen LogP contribution in [-0.2, 0) is 13.8 Å². The molecule has 1 rings (SSSR count). The normalized spacial score (nSPS) is 11.2. The molecule has 0 aliphatic heterocycles. The highest BCUT2D eigenvalue weighted by Crippen LogP contribution is 2.27. The standard InChI is InChI=1S/C12H16ClNO4S/c1-4-14(3)12(15)8-18-10-6-5-9(2)7-11(10)19(13,16)17/h5-7H,4,8H2,1-3H3. The van der Waals surface area contributed by atoms with Gasteiger partial charge in [0.05, 0.1) is 0 Å². The zero-order chi connectivity index (χ0) is 14.6. The first kappa shape index (κ1) is 15.8. The first-order valence-electron chi connectivity index (χ1n) is 5.67. The van der Waals surface area contributed by atoms with Gasteiger partial charge in [-0.25, -0.2) is 8.42 Å². The molecular formula is C12H16ClNO4S. The lowest BCUT2D eigenvalue weighted by Gasteiger charge is -2.15. The third-order valence-electron chi connectivity index (χ3n) is 2.61. The molecule has 0 aromatic heterocycles. The molecule has 0 N–H and O–H groups in total. The molecule has 0 atom stereocenters. The quantitative estimate of drug-likeness (QED) is 0.778. The summed E-state index contributed by atoms with van der Waals surface area (Å²) in [6.45, 7) is 3.90. The van der Waals surface area contributed by atoms with Crippen molar-refractivity contribution < 1.29 is 17.9 Å². The molecule has 0 heterocycles. The molecule has 1 aromatic rings. The number of rotatable bonds is 5. The van der Waals surface area contributed by atoms with Gasteiger partial charge >= 0.3 is 0 Å². The van der Waals surface area contributed by atoms with Gasteiger partial charge in [-0.05, 0) is 31.5 Å². The fourth-order valence-electron chi connectivity index (χ4n) is 1.35. The van der Waals surface area contributed by atoms with Gasteiger partial charge in [0, 0.05) is 24.3 Å². The number of hydrogen-bond acceptors (Lipinski definition) is 4. The molecule has 106 valence electrons. The number of carbonyl (C=O) groups is 1. The van der Waals surface area contributed by atoms with Gasteiger partial charge < -0.3 is 9.64 Å². The van der Waals surface area contributed by atoms with Crippen LogP contribution in [0.25, 0.3) is 0 Å². The van der Waals surface area contributed by atoms with Crippen molar-refractivity contribution in [1.29, 1.82) is 0 Å². The average molecular weight is 306 g/mol. The fourth-order valence-corrected chi connectivity index (χ4v) is 2.41. The van der Waals surface area contributed by atoms with Gasteiger partial charge in [0.1, 0.15) is 10.6 Å². The van der Waals surface area contributed by atoms with Gasteiger partial charge in [-0.3, -0.25) is 4.79 Å². The molecule has 0 spiro atoms. The molecule has 1 amide bonds. The van der Waals surface area contributed by atoms with Crippen LogP contribution in [0.1, 0.15) is 12.5 Å². The van der Waals surface area contributed by atoms with Gasteiger partial charge in [-0.15, -0.1) is 0 Å². The second-order valence-corrected chi connectivity index (χ2v) is 6.62. The number of ether oxygens (including phenoxy) is 1. The maximum atomic E-state index is 11.6. The lowest BCUT2D eigenvalue weighted by atomic mass is 10.2. The predicted octanol–water partition coefficient (Wildman–Crippen LogP) is 1.78. The number of aryl methyl sites for hydroxylation is 1. The largest absolute Gasteiger partial charge is 0.482 e. The van der Waals surface area contributed by atoms with Crippen LogP contribution < -0.4 is 4.74 Å². The minimum atomic E-state index is -3.91. The average Bonchev–Trinajstić information content (AvgIpc) is 2.34. The summed E-state index contributed by atoms with van der Waals surface area (Å²) in [5.74, 6) is -0.153. The van der Waals surface area contributed by atoms with Crippen LogP contribution in [0.2, 0.25) is 0 Å². The van der Waals surface area contributed by atoms with Crippen LogP contribution in [0.3, 0.4) is 0 Å². The van der Waals surface area contributed by atoms with Crippen molar-refractivity contribution in [2.75, 3.05) is 20.2 Å². The summed E-state index contributed by atoms with van der Waals surface area (Å²) >= 11 is 0. The molecule has 7 heteroatoms. The van der Waals surface area contributed by atoms with E-state index >= 15 is 0 Å². The Morgan fingerprint density at radius 1 is 1.42 bits per heavy atom. The molecule has 19 heavy (non-hydrogen) atoms. The second-order valence-electron chi connectivity index (χ2n) is 4.08. The van der Waals surface area contributed by atoms with Gasteiger partial charge in [0.15, 0.2) is 6.61 Å². The Balaban J connectivity index is 2.94. The number of benzene rings is 1. The van der Waals surface area contributed by atoms with Gasteiger partial charge in [0.2, 0.25) is 0 Å². The van der Waals surface area contributed by atoms with E-state index in [0.717, 1.165) is 5.56 Å². The van der Waals surface area contributed by atoms with Crippen LogP contribution in [0.5, 0.6) is 5.75 Å². The smallest absolute Gasteiger partial charge is 0.264 e. The number of halogens is 1. The first-order valence-corrected chi connectivity index (χ1v) is 7.98. The van der Waals surface area contributed by atoms with E-state index < -0.39 is 9.05 Å². The SMILES string of the molecule is CCN(C)C(=O)COc1ccc(C)cc1S(=O)(=O)Cl. The second kappa shape index (κ2) is 6.25. The molecule has 0 saturated heterocycles. The Bertz CT molecular complexity index is 571. The van der Waals surface area contributed by atoms with Crippen LogP contribution in [0.4, 0.5) is 0 Å². The first-order chi connectivity index (χ1) is 8.75. The molecule has 0 aliphatic rings. The Morgan fingerprint density at radius 3 is 2.58 bits per heavy atom. The van der Waals surface area contributed by atoms with Crippen molar-refractivity contribution in [3.05, 3.63) is 23.8 Å². The van der Waals surface area contributed by atoms with Crippen molar-refractivity contribution in [1.82, 2.24) is 4.90 Å². The van der Waals surface area contributed by atoms with Crippen LogP contribution in [-0.4, -0.2) is 39.4 Å². The summed E-state index contributed by atoms with van der Waals surface area (Å²) in [4.78, 5) is 12.9. The molecule has 0 radical (unpaired) electrons. The summed E-state index contributed by atoms with van der Waals surface area (Å²) < 4.78 is 28.1. The Labute approximate surface area is 117 Å². The van der Waals surface area contributed by atoms with E-state index in [-0.39, 0.29) is 23.2 Å². The number of carbonyl (C=O) groups excluding carboxylic acids is 1. The summed E-state index contributed by atoms with van der Waals surface area (Å²) in [6, 6.07) is 4.59. The molecule has 0 saturated carbocycles. The van der Waals surface area contributed by atoms with Crippen molar-refractivity contribution in [3.63, 3.8) is 0 Å². The Morgan fingerprint density at radius 2 is 2.05 bits per heavy atom. The third kappa shape index (κ3) is 4.40. The van der Waals surface area contributed by atoms with E-state index in [2.05, 4.69) is 0 Å². The van der Waals surface area contributed by atoms with E-state index in [9.17, 15) is 13.2 Å². The molecular weight excluding hydrogens is 290 g/mol. The van der Waals surface area contributed by atoms with E-state index in [1.807, 2.05) is 6.92 Å². The van der Waals surface area contributed by atoms with E-state index in [1.54, 1.807) is 20.0 Å². The van der Waals surface area contributed by atoms with Crippen molar-refractivity contribution in [3.8, 4) is 5.75 Å². The number of nitrogens with zero attached hydrogens (tertiary/aromatic N) is 1. The van der Waals surface area contributed by atoms with E-state index in [4.69, 9.17) is 15.4 Å². The van der Waals surface area contributed by atoms with Gasteiger partial charge in [-0.2, -0.15) is 0 Å². The molecule has 0 bridgehead atoms. The zero-order valence-electron chi connectivity index (χ0n) is 11.0. The zero-order valence-corrected chi connectivity index (χ0v) is 12.6. The highest BCUT2D eigenvalue weighted by atomic mass is 35.7. The summed E-state index contributed by atoms with van der Waals surface area (Å²) in [5.41, 5.74) is 0.739. The number of amides is 1. The minimum absolute atomic E-state index is 0.0819. The molecule has 1 aromatic carbocycles. The molecule has 0 aliphatic carbocycles. The summed E-state index contributed by atoms with van der Waals surface area (Å²) in [7, 11) is 3.07. The Kier molecular flexibility index (Phi) is 5.20. The highest BCUT2D eigenvalue weighted by Gasteiger charge is 2.18. The Hall–Kier alpha value is -1.27. The van der Waals surface area contributed by atoms with Gasteiger partial charge in [0.25, 0.3) is 15.0 Å². The van der Waals surface area contributed by atoms with Crippen LogP contribution in [0, 0.1) is 6.92 Å². The van der Waals surface area contributed by atoms with Crippen molar-refractivity contribution >= 4 is 25.6 Å². The lowest BCUT2D eigenvalue weighted by Crippen LogP contribution is -2.31. The fraction of sp³-hybridized carbons (Fsp3) is 0.417. The van der Waals surface area contributed by atoms with Crippen LogP contribution >= 0.6 is 10.7 Å². The maximum absolute atomic E-state index is 11.6. The van der Waals surface area contributed by atoms with Crippen LogP contribution in [0.15, 0.2) is 23.1 Å². The number of hydrogen-bond donors (Lipinski definition) is 0. The highest BCUT2D eigenvalue weighted by molar-refractivity contribution is 8.13. The maximum Gasteiger partial charge on any atom is 0.264 e. The molecule has 0 unspecified atom stereocenters. The minimum Gasteiger partial charge on any atom is -0.482 e. The van der Waals surface area contributed by atoms with Crippen molar-refractivity contribution in [2.45, 2.75) is 18.7 Å². The molecule has 5 nitrogen and oxygen atoms in total. The van der Waals surface area contributed by atoms with E-state index in [1.165, 1.54) is 17.0 Å². The van der Waals surface area contributed by atoms with Gasteiger partial charge in [-0.1, -0.05) is 6.07 Å². The lowest BCUT2D eigenvalue weighted by molar-refractivity contribution is -0.131. The molecule has 0 fully saturated rings. The summed E-state index contributed by atoms with van der Waals surface area (Å²) in [5, 5.41) is 0. The summed E-state index contributed by atoms with van der Waals surface area (Å²) in [6.07, 6.45) is 0. The van der Waals surface area contributed by atoms with E-state index in [0.29, 0.717) is 6.54 Å². The predicted molar refractivity (Wildman–Crippen MR) is 73.0 cm³/mol. The van der Waals surface area contributed by atoms with Crippen molar-refractivity contribution in [2.24, 2.45) is 0 Å².